The van der Waals surface area contributed by atoms with Gasteiger partial charge in [0, 0.05) is 44.2 Å². The van der Waals surface area contributed by atoms with Crippen molar-refractivity contribution in [2.75, 3.05) is 43.9 Å². The summed E-state index contributed by atoms with van der Waals surface area (Å²) in [5, 5.41) is 6.39. The molecule has 6 nitrogen and oxygen atoms in total. The predicted octanol–water partition coefficient (Wildman–Crippen LogP) is 0.867. The highest BCUT2D eigenvalue weighted by molar-refractivity contribution is 14.0. The van der Waals surface area contributed by atoms with Crippen molar-refractivity contribution in [3.05, 3.63) is 12.2 Å². The summed E-state index contributed by atoms with van der Waals surface area (Å²) in [6, 6.07) is 0.368. The Bertz CT molecular complexity index is 482. The second-order valence-corrected chi connectivity index (χ2v) is 8.42. The molecular weight excluding hydrogens is 435 g/mol. The summed E-state index contributed by atoms with van der Waals surface area (Å²) in [7, 11) is -1.45. The Balaban J connectivity index is 0.00000242. The van der Waals surface area contributed by atoms with Crippen LogP contribution in [0.5, 0.6) is 0 Å². The fourth-order valence-electron chi connectivity index (χ4n) is 2.38. The third-order valence-corrected chi connectivity index (χ3v) is 6.40. The normalized spacial score (nSPS) is 20.7. The lowest BCUT2D eigenvalue weighted by atomic mass is 10.2. The van der Waals surface area contributed by atoms with E-state index in [1.807, 2.05) is 11.8 Å². The van der Waals surface area contributed by atoms with E-state index >= 15 is 0 Å². The quantitative estimate of drug-likeness (QED) is 0.276. The van der Waals surface area contributed by atoms with Crippen molar-refractivity contribution >= 4 is 51.7 Å². The lowest BCUT2D eigenvalue weighted by Crippen LogP contribution is -2.46. The van der Waals surface area contributed by atoms with Crippen molar-refractivity contribution in [1.82, 2.24) is 14.9 Å². The fraction of sp³-hybridized carbons (Fsp3) is 0.769. The van der Waals surface area contributed by atoms with Crippen LogP contribution in [0, 0.1) is 0 Å². The molecule has 1 saturated heterocycles. The van der Waals surface area contributed by atoms with Crippen LogP contribution in [-0.2, 0) is 10.0 Å². The zero-order valence-electron chi connectivity index (χ0n) is 12.8. The highest BCUT2D eigenvalue weighted by atomic mass is 127. The molecular formula is C13H25IN4O2S2. The Labute approximate surface area is 154 Å². The molecule has 0 spiro atoms. The number of nitrogens with zero attached hydrogens (tertiary/aromatic N) is 2. The van der Waals surface area contributed by atoms with Crippen LogP contribution in [-0.4, -0.2) is 68.7 Å². The molecule has 0 saturated carbocycles. The minimum atomic E-state index is -3.15. The molecule has 1 aliphatic heterocycles. The van der Waals surface area contributed by atoms with E-state index in [1.165, 1.54) is 0 Å². The van der Waals surface area contributed by atoms with Crippen LogP contribution in [0.25, 0.3) is 0 Å². The van der Waals surface area contributed by atoms with Crippen molar-refractivity contribution in [2.24, 2.45) is 4.99 Å². The Kier molecular flexibility index (Phi) is 9.10. The second kappa shape index (κ2) is 9.99. The van der Waals surface area contributed by atoms with E-state index in [0.717, 1.165) is 24.3 Å². The fourth-order valence-corrected chi connectivity index (χ4v) is 4.87. The summed E-state index contributed by atoms with van der Waals surface area (Å²) in [6.45, 7) is 1.65. The van der Waals surface area contributed by atoms with Gasteiger partial charge in [-0.3, -0.25) is 4.99 Å². The second-order valence-electron chi connectivity index (χ2n) is 5.11. The molecule has 1 fully saturated rings. The number of rotatable bonds is 5. The molecule has 22 heavy (non-hydrogen) atoms. The minimum absolute atomic E-state index is 0. The molecule has 128 valence electrons. The van der Waals surface area contributed by atoms with Crippen molar-refractivity contribution in [3.63, 3.8) is 0 Å². The maximum atomic E-state index is 12.2. The van der Waals surface area contributed by atoms with Crippen LogP contribution >= 0.6 is 35.7 Å². The summed E-state index contributed by atoms with van der Waals surface area (Å²) >= 11 is 1.81. The topological polar surface area (TPSA) is 73.8 Å². The van der Waals surface area contributed by atoms with Crippen LogP contribution < -0.4 is 10.6 Å². The lowest BCUT2D eigenvalue weighted by Gasteiger charge is -2.25. The minimum Gasteiger partial charge on any atom is -0.355 e. The number of halogens is 1. The zero-order valence-corrected chi connectivity index (χ0v) is 16.8. The number of sulfonamides is 1. The van der Waals surface area contributed by atoms with Crippen molar-refractivity contribution in [1.29, 1.82) is 0 Å². The number of thioether (sulfide) groups is 1. The SMILES string of the molecule is CN=C(NCCS(=O)(=O)N1CCSCC1)NC1CC=CC1.I. The Morgan fingerprint density at radius 2 is 1.95 bits per heavy atom. The van der Waals surface area contributed by atoms with Gasteiger partial charge in [0.15, 0.2) is 5.96 Å². The van der Waals surface area contributed by atoms with Crippen LogP contribution in [0.1, 0.15) is 12.8 Å². The van der Waals surface area contributed by atoms with E-state index in [9.17, 15) is 8.42 Å². The maximum Gasteiger partial charge on any atom is 0.215 e. The molecule has 0 atom stereocenters. The first-order valence-corrected chi connectivity index (χ1v) is 10.1. The van der Waals surface area contributed by atoms with E-state index in [0.29, 0.717) is 31.6 Å². The Morgan fingerprint density at radius 1 is 1.32 bits per heavy atom. The molecule has 1 heterocycles. The summed E-state index contributed by atoms with van der Waals surface area (Å²) in [5.74, 6) is 2.57. The highest BCUT2D eigenvalue weighted by Gasteiger charge is 2.23. The molecule has 0 amide bonds. The number of nitrogens with one attached hydrogen (secondary N) is 2. The molecule has 0 aromatic rings. The summed E-state index contributed by atoms with van der Waals surface area (Å²) < 4.78 is 26.0. The maximum absolute atomic E-state index is 12.2. The monoisotopic (exact) mass is 460 g/mol. The summed E-state index contributed by atoms with van der Waals surface area (Å²) in [6.07, 6.45) is 6.27. The number of hydrogen-bond donors (Lipinski definition) is 2. The molecule has 1 aliphatic carbocycles. The molecule has 0 aromatic carbocycles. The van der Waals surface area contributed by atoms with E-state index in [-0.39, 0.29) is 29.7 Å². The van der Waals surface area contributed by atoms with E-state index < -0.39 is 10.0 Å². The number of guanidine groups is 1. The smallest absolute Gasteiger partial charge is 0.215 e. The first-order chi connectivity index (χ1) is 10.1. The van der Waals surface area contributed by atoms with E-state index in [1.54, 1.807) is 11.4 Å². The number of aliphatic imine (C=N–C) groups is 1. The molecule has 0 unspecified atom stereocenters. The summed E-state index contributed by atoms with van der Waals surface area (Å²) in [4.78, 5) is 4.14. The van der Waals surface area contributed by atoms with Gasteiger partial charge in [-0.25, -0.2) is 12.7 Å². The number of hydrogen-bond acceptors (Lipinski definition) is 4. The van der Waals surface area contributed by atoms with Crippen LogP contribution in [0.4, 0.5) is 0 Å². The van der Waals surface area contributed by atoms with Crippen molar-refractivity contribution in [3.8, 4) is 0 Å². The lowest BCUT2D eigenvalue weighted by molar-refractivity contribution is 0.443. The van der Waals surface area contributed by atoms with Gasteiger partial charge < -0.3 is 10.6 Å². The molecule has 2 aliphatic rings. The molecule has 0 bridgehead atoms. The van der Waals surface area contributed by atoms with Gasteiger partial charge in [0.2, 0.25) is 10.0 Å². The standard InChI is InChI=1S/C13H24N4O2S2.HI/c1-14-13(16-12-4-2-3-5-12)15-6-11-21(18,19)17-7-9-20-10-8-17;/h2-3,12H,4-11H2,1H3,(H2,14,15,16);1H. The van der Waals surface area contributed by atoms with Crippen LogP contribution in [0.3, 0.4) is 0 Å². The largest absolute Gasteiger partial charge is 0.355 e. The Morgan fingerprint density at radius 3 is 2.55 bits per heavy atom. The average Bonchev–Trinajstić information content (AvgIpc) is 3.00. The van der Waals surface area contributed by atoms with Gasteiger partial charge in [-0.2, -0.15) is 11.8 Å². The van der Waals surface area contributed by atoms with Gasteiger partial charge in [-0.15, -0.1) is 24.0 Å². The predicted molar refractivity (Wildman–Crippen MR) is 105 cm³/mol. The van der Waals surface area contributed by atoms with E-state index in [2.05, 4.69) is 27.8 Å². The van der Waals surface area contributed by atoms with Gasteiger partial charge >= 0.3 is 0 Å². The molecule has 2 rings (SSSR count). The van der Waals surface area contributed by atoms with Crippen LogP contribution in [0.15, 0.2) is 17.1 Å². The molecule has 0 aromatic heterocycles. The molecule has 2 N–H and O–H groups in total. The highest BCUT2D eigenvalue weighted by Crippen LogP contribution is 2.13. The molecule has 0 radical (unpaired) electrons. The first-order valence-electron chi connectivity index (χ1n) is 7.29. The zero-order chi connectivity index (χ0) is 15.1. The van der Waals surface area contributed by atoms with Crippen molar-refractivity contribution < 1.29 is 8.42 Å². The third-order valence-electron chi connectivity index (χ3n) is 3.59. The first kappa shape index (κ1) is 20.0. The van der Waals surface area contributed by atoms with Gasteiger partial charge in [0.05, 0.1) is 5.75 Å². The third kappa shape index (κ3) is 6.25. The van der Waals surface area contributed by atoms with Gasteiger partial charge in [-0.05, 0) is 12.8 Å². The summed E-state index contributed by atoms with van der Waals surface area (Å²) in [5.41, 5.74) is 0. The van der Waals surface area contributed by atoms with Gasteiger partial charge in [-0.1, -0.05) is 12.2 Å². The Hall–Kier alpha value is -0.000000000000000111. The molecule has 9 heteroatoms. The van der Waals surface area contributed by atoms with Gasteiger partial charge in [0.1, 0.15) is 0 Å². The van der Waals surface area contributed by atoms with Crippen molar-refractivity contribution in [2.45, 2.75) is 18.9 Å². The average molecular weight is 460 g/mol. The van der Waals surface area contributed by atoms with Gasteiger partial charge in [0.25, 0.3) is 0 Å². The van der Waals surface area contributed by atoms with E-state index in [4.69, 9.17) is 0 Å². The van der Waals surface area contributed by atoms with Crippen LogP contribution in [0.2, 0.25) is 0 Å².